The number of carbonyl (C=O) groups is 1. The van der Waals surface area contributed by atoms with E-state index >= 15 is 0 Å². The highest BCUT2D eigenvalue weighted by Gasteiger charge is 2.44. The minimum Gasteiger partial charge on any atom is -0.378 e. The van der Waals surface area contributed by atoms with Crippen LogP contribution in [0.4, 0.5) is 5.69 Å². The predicted molar refractivity (Wildman–Crippen MR) is 119 cm³/mol. The average molecular weight is 398 g/mol. The molecule has 1 fully saturated rings. The number of anilines is 1. The zero-order valence-electron chi connectivity index (χ0n) is 17.1. The van der Waals surface area contributed by atoms with Crippen LogP contribution in [0, 0.1) is 0 Å². The van der Waals surface area contributed by atoms with Crippen LogP contribution in [-0.4, -0.2) is 56.6 Å². The molecule has 1 heterocycles. The lowest BCUT2D eigenvalue weighted by atomic mass is 9.80. The summed E-state index contributed by atoms with van der Waals surface area (Å²) in [6, 6.07) is 18.9. The molecular weight excluding hydrogens is 367 g/mol. The van der Waals surface area contributed by atoms with E-state index in [1.54, 1.807) is 6.92 Å². The molecule has 1 aliphatic heterocycles. The van der Waals surface area contributed by atoms with Gasteiger partial charge in [-0.1, -0.05) is 42.5 Å². The van der Waals surface area contributed by atoms with Gasteiger partial charge in [0.1, 0.15) is 0 Å². The monoisotopic (exact) mass is 398 g/mol. The zero-order chi connectivity index (χ0) is 20.1. The predicted octanol–water partition coefficient (Wildman–Crippen LogP) is 3.57. The SMILES string of the molecule is CC(=O)C(Cc1ccccc1)(C(P)c1ccc(N2CCOCC2)cc1)N(C)C. The van der Waals surface area contributed by atoms with Crippen molar-refractivity contribution in [3.05, 3.63) is 65.7 Å². The highest BCUT2D eigenvalue weighted by Crippen LogP contribution is 2.41. The molecule has 0 N–H and O–H groups in total. The Labute approximate surface area is 171 Å². The summed E-state index contributed by atoms with van der Waals surface area (Å²) in [5, 5.41) is 0. The van der Waals surface area contributed by atoms with E-state index < -0.39 is 5.54 Å². The van der Waals surface area contributed by atoms with E-state index in [9.17, 15) is 4.79 Å². The summed E-state index contributed by atoms with van der Waals surface area (Å²) in [7, 11) is 6.95. The molecule has 0 saturated carbocycles. The van der Waals surface area contributed by atoms with E-state index in [-0.39, 0.29) is 11.4 Å². The topological polar surface area (TPSA) is 32.8 Å². The second kappa shape index (κ2) is 9.17. The maximum atomic E-state index is 13.0. The van der Waals surface area contributed by atoms with Gasteiger partial charge in [0, 0.05) is 24.4 Å². The lowest BCUT2D eigenvalue weighted by Crippen LogP contribution is -2.54. The molecule has 0 aliphatic carbocycles. The van der Waals surface area contributed by atoms with Crippen LogP contribution in [0.25, 0.3) is 0 Å². The first-order valence-corrected chi connectivity index (χ1v) is 10.5. The Morgan fingerprint density at radius 1 is 1.11 bits per heavy atom. The standard InChI is InChI=1S/C23H31N2O2P/c1-18(26)23(24(2)3,17-19-7-5-4-6-8-19)22(28)20-9-11-21(12-10-20)25-13-15-27-16-14-25/h4-12,22H,13-17,28H2,1-3H3. The maximum absolute atomic E-state index is 13.0. The molecule has 3 atom stereocenters. The van der Waals surface area contributed by atoms with Gasteiger partial charge in [-0.05, 0) is 50.7 Å². The molecule has 0 aromatic heterocycles. The Bertz CT molecular complexity index is 773. The second-order valence-corrected chi connectivity index (χ2v) is 8.37. The second-order valence-electron chi connectivity index (χ2n) is 7.71. The zero-order valence-corrected chi connectivity index (χ0v) is 18.3. The van der Waals surface area contributed by atoms with Gasteiger partial charge >= 0.3 is 0 Å². The van der Waals surface area contributed by atoms with Crippen LogP contribution >= 0.6 is 9.24 Å². The Morgan fingerprint density at radius 3 is 2.25 bits per heavy atom. The van der Waals surface area contributed by atoms with Gasteiger partial charge in [-0.3, -0.25) is 9.69 Å². The van der Waals surface area contributed by atoms with Gasteiger partial charge in [-0.25, -0.2) is 0 Å². The summed E-state index contributed by atoms with van der Waals surface area (Å²) < 4.78 is 5.45. The molecule has 0 bridgehead atoms. The normalized spacial score (nSPS) is 18.0. The molecule has 1 aliphatic rings. The Kier molecular flexibility index (Phi) is 6.87. The number of carbonyl (C=O) groups excluding carboxylic acids is 1. The van der Waals surface area contributed by atoms with Gasteiger partial charge in [0.25, 0.3) is 0 Å². The summed E-state index contributed by atoms with van der Waals surface area (Å²) >= 11 is 0. The van der Waals surface area contributed by atoms with Crippen molar-refractivity contribution in [1.29, 1.82) is 0 Å². The van der Waals surface area contributed by atoms with Crippen molar-refractivity contribution < 1.29 is 9.53 Å². The summed E-state index contributed by atoms with van der Waals surface area (Å²) in [5.41, 5.74) is 2.90. The number of Topliss-reactive ketones (excluding diaryl/α,β-unsaturated/α-hetero) is 1. The van der Waals surface area contributed by atoms with Crippen LogP contribution in [0.5, 0.6) is 0 Å². The van der Waals surface area contributed by atoms with Crippen LogP contribution in [0.2, 0.25) is 0 Å². The van der Waals surface area contributed by atoms with E-state index in [0.29, 0.717) is 6.42 Å². The molecule has 28 heavy (non-hydrogen) atoms. The van der Waals surface area contributed by atoms with Gasteiger partial charge in [0.05, 0.1) is 18.8 Å². The summed E-state index contributed by atoms with van der Waals surface area (Å²) in [6.45, 7) is 5.11. The first-order chi connectivity index (χ1) is 13.4. The number of morpholine rings is 1. The highest BCUT2D eigenvalue weighted by molar-refractivity contribution is 7.17. The first kappa shape index (κ1) is 21.0. The minimum atomic E-state index is -0.619. The number of ketones is 1. The molecule has 5 heteroatoms. The Morgan fingerprint density at radius 2 is 1.71 bits per heavy atom. The molecule has 0 amide bonds. The molecule has 3 unspecified atom stereocenters. The fraction of sp³-hybridized carbons (Fsp3) is 0.435. The quantitative estimate of drug-likeness (QED) is 0.668. The van der Waals surface area contributed by atoms with Crippen LogP contribution in [0.15, 0.2) is 54.6 Å². The average Bonchev–Trinajstić information content (AvgIpc) is 2.72. The lowest BCUT2D eigenvalue weighted by Gasteiger charge is -2.43. The third-order valence-electron chi connectivity index (χ3n) is 5.87. The van der Waals surface area contributed by atoms with E-state index in [2.05, 4.69) is 55.4 Å². The summed E-state index contributed by atoms with van der Waals surface area (Å²) in [6.07, 6.45) is 0.676. The summed E-state index contributed by atoms with van der Waals surface area (Å²) in [4.78, 5) is 17.4. The molecule has 1 saturated heterocycles. The van der Waals surface area contributed by atoms with Crippen molar-refractivity contribution in [1.82, 2.24) is 4.90 Å². The van der Waals surface area contributed by atoms with E-state index in [4.69, 9.17) is 4.74 Å². The number of likely N-dealkylation sites (N-methyl/N-ethyl adjacent to an activating group) is 1. The minimum absolute atomic E-state index is 0.0149. The van der Waals surface area contributed by atoms with Crippen molar-refractivity contribution >= 4 is 20.7 Å². The fourth-order valence-electron chi connectivity index (χ4n) is 4.10. The van der Waals surface area contributed by atoms with Crippen molar-refractivity contribution in [3.63, 3.8) is 0 Å². The van der Waals surface area contributed by atoms with Crippen molar-refractivity contribution in [2.24, 2.45) is 0 Å². The molecule has 3 rings (SSSR count). The van der Waals surface area contributed by atoms with Crippen molar-refractivity contribution in [2.45, 2.75) is 24.5 Å². The van der Waals surface area contributed by atoms with Gasteiger partial charge in [-0.2, -0.15) is 0 Å². The van der Waals surface area contributed by atoms with Gasteiger partial charge in [-0.15, -0.1) is 9.24 Å². The number of ether oxygens (including phenoxy) is 1. The number of benzene rings is 2. The number of hydrogen-bond donors (Lipinski definition) is 0. The third-order valence-corrected chi connectivity index (χ3v) is 6.80. The van der Waals surface area contributed by atoms with Crippen LogP contribution in [0.3, 0.4) is 0 Å². The number of hydrogen-bond acceptors (Lipinski definition) is 4. The van der Waals surface area contributed by atoms with E-state index in [1.807, 2.05) is 32.3 Å². The van der Waals surface area contributed by atoms with Crippen molar-refractivity contribution in [2.75, 3.05) is 45.3 Å². The number of nitrogens with zero attached hydrogens (tertiary/aromatic N) is 2. The number of rotatable bonds is 7. The van der Waals surface area contributed by atoms with E-state index in [1.165, 1.54) is 11.3 Å². The molecule has 0 spiro atoms. The maximum Gasteiger partial charge on any atom is 0.151 e. The van der Waals surface area contributed by atoms with Crippen LogP contribution in [-0.2, 0) is 16.0 Å². The van der Waals surface area contributed by atoms with Gasteiger partial charge in [0.15, 0.2) is 5.78 Å². The molecule has 2 aromatic rings. The Balaban J connectivity index is 1.90. The molecule has 150 valence electrons. The molecule has 2 aromatic carbocycles. The molecular formula is C23H31N2O2P. The molecule has 4 nitrogen and oxygen atoms in total. The van der Waals surface area contributed by atoms with Crippen LogP contribution < -0.4 is 4.90 Å². The molecule has 0 radical (unpaired) electrons. The van der Waals surface area contributed by atoms with Crippen LogP contribution in [0.1, 0.15) is 23.7 Å². The van der Waals surface area contributed by atoms with Gasteiger partial charge in [0.2, 0.25) is 0 Å². The smallest absolute Gasteiger partial charge is 0.151 e. The van der Waals surface area contributed by atoms with Gasteiger partial charge < -0.3 is 9.64 Å². The third kappa shape index (κ3) is 4.30. The highest BCUT2D eigenvalue weighted by atomic mass is 31.0. The largest absolute Gasteiger partial charge is 0.378 e. The van der Waals surface area contributed by atoms with E-state index in [0.717, 1.165) is 31.9 Å². The van der Waals surface area contributed by atoms with Crippen molar-refractivity contribution in [3.8, 4) is 0 Å². The summed E-state index contributed by atoms with van der Waals surface area (Å²) in [5.74, 6) is 0.179. The first-order valence-electron chi connectivity index (χ1n) is 9.86. The lowest BCUT2D eigenvalue weighted by molar-refractivity contribution is -0.127. The fourth-order valence-corrected chi connectivity index (χ4v) is 4.97. The Hall–Kier alpha value is -1.74.